The Bertz CT molecular complexity index is 2240. The van der Waals surface area contributed by atoms with Crippen LogP contribution in [-0.4, -0.2) is 50.4 Å². The van der Waals surface area contributed by atoms with Crippen molar-refractivity contribution >= 4 is 30.0 Å². The lowest BCUT2D eigenvalue weighted by Gasteiger charge is -2.15. The van der Waals surface area contributed by atoms with Gasteiger partial charge in [0.2, 0.25) is 0 Å². The molecule has 5 aromatic rings. The maximum absolute atomic E-state index is 12.5. The summed E-state index contributed by atoms with van der Waals surface area (Å²) < 4.78 is 17.1. The monoisotopic (exact) mass is 860 g/mol. The first-order chi connectivity index (χ1) is 29.4. The number of ether oxygens (including phenoxy) is 3. The van der Waals surface area contributed by atoms with Crippen LogP contribution in [0.2, 0.25) is 5.15 Å². The summed E-state index contributed by atoms with van der Waals surface area (Å²) in [5.41, 5.74) is 13.1. The fourth-order valence-electron chi connectivity index (χ4n) is 5.71. The van der Waals surface area contributed by atoms with Crippen molar-refractivity contribution in [1.29, 1.82) is 0 Å². The van der Waals surface area contributed by atoms with Crippen molar-refractivity contribution in [3.8, 4) is 11.1 Å². The number of hydrogen-bond donors (Lipinski definition) is 2. The standard InChI is InChI=1S/C32H34ClN7O7.C9H11NO4/c1-2-3-8-29-36-30(33)28(20-45-21-41)38(29)17-22-13-15-25(16-14-22)26-6-4-5-7-27(26)31(34)37-39(35)32(42)46-18-23-9-11-24(12-10-23)19-47-40(43)44;1-13-6-8-2-4-9(5-3-8)7-14-10(11)12/h4-7,9-16,21H,2-3,8,17-20,35H2,1H3,(H2,34,37);2-5H,6-7H2,1H3. The Hall–Kier alpha value is -7.09. The summed E-state index contributed by atoms with van der Waals surface area (Å²) >= 11 is 6.39. The van der Waals surface area contributed by atoms with Gasteiger partial charge in [0.15, 0.2) is 11.0 Å². The smallest absolute Gasteiger partial charge is 0.445 e. The Labute approximate surface area is 355 Å². The molecule has 19 nitrogen and oxygen atoms in total. The average Bonchev–Trinajstić information content (AvgIpc) is 3.56. The van der Waals surface area contributed by atoms with Gasteiger partial charge in [0.05, 0.1) is 12.3 Å². The molecule has 0 aliphatic carbocycles. The first-order valence-corrected chi connectivity index (χ1v) is 19.0. The zero-order valence-corrected chi connectivity index (χ0v) is 34.1. The van der Waals surface area contributed by atoms with E-state index in [1.807, 2.05) is 53.1 Å². The summed E-state index contributed by atoms with van der Waals surface area (Å²) in [6.45, 7) is 3.21. The van der Waals surface area contributed by atoms with Gasteiger partial charge in [-0.25, -0.2) is 15.6 Å². The number of hydrazine groups is 1. The molecular formula is C41H45ClN8O11. The molecule has 0 spiro atoms. The van der Waals surface area contributed by atoms with Crippen LogP contribution in [0.25, 0.3) is 11.1 Å². The average molecular weight is 861 g/mol. The van der Waals surface area contributed by atoms with Gasteiger partial charge in [-0.15, -0.1) is 30.4 Å². The zero-order chi connectivity index (χ0) is 44.1. The Balaban J connectivity index is 0.000000495. The minimum absolute atomic E-state index is 0.00675. The molecule has 322 valence electrons. The normalized spacial score (nSPS) is 10.9. The second kappa shape index (κ2) is 24.1. The molecule has 20 heteroatoms. The van der Waals surface area contributed by atoms with Crippen molar-refractivity contribution in [3.05, 3.63) is 167 Å². The lowest BCUT2D eigenvalue weighted by molar-refractivity contribution is -0.763. The third-order valence-corrected chi connectivity index (χ3v) is 9.05. The van der Waals surface area contributed by atoms with Gasteiger partial charge in [-0.3, -0.25) is 4.79 Å². The van der Waals surface area contributed by atoms with Crippen LogP contribution < -0.4 is 11.6 Å². The minimum Gasteiger partial charge on any atom is -0.461 e. The number of amides is 1. The van der Waals surface area contributed by atoms with Crippen LogP contribution in [0, 0.1) is 20.2 Å². The fourth-order valence-corrected chi connectivity index (χ4v) is 5.96. The number of unbranched alkanes of at least 4 members (excludes halogenated alkanes) is 1. The van der Waals surface area contributed by atoms with E-state index in [9.17, 15) is 29.8 Å². The Morgan fingerprint density at radius 1 is 0.836 bits per heavy atom. The Morgan fingerprint density at radius 3 is 1.92 bits per heavy atom. The van der Waals surface area contributed by atoms with Crippen LogP contribution in [0.1, 0.15) is 64.7 Å². The van der Waals surface area contributed by atoms with Gasteiger partial charge in [0, 0.05) is 25.6 Å². The number of methoxy groups -OCH3 is 1. The number of imidazole rings is 1. The molecule has 1 amide bonds. The summed E-state index contributed by atoms with van der Waals surface area (Å²) in [5.74, 6) is 6.66. The number of aryl methyl sites for hydroxylation is 1. The van der Waals surface area contributed by atoms with E-state index in [4.69, 9.17) is 37.4 Å². The molecule has 0 aliphatic rings. The molecule has 0 saturated heterocycles. The van der Waals surface area contributed by atoms with Gasteiger partial charge >= 0.3 is 6.09 Å². The van der Waals surface area contributed by atoms with Crippen LogP contribution >= 0.6 is 11.6 Å². The molecule has 0 aliphatic heterocycles. The van der Waals surface area contributed by atoms with Crippen LogP contribution in [0.3, 0.4) is 0 Å². The number of benzene rings is 4. The second-order valence-electron chi connectivity index (χ2n) is 13.0. The van der Waals surface area contributed by atoms with Crippen molar-refractivity contribution in [1.82, 2.24) is 14.7 Å². The molecule has 5 rings (SSSR count). The van der Waals surface area contributed by atoms with E-state index in [0.29, 0.717) is 52.3 Å². The van der Waals surface area contributed by atoms with Crippen molar-refractivity contribution < 1.29 is 43.6 Å². The highest BCUT2D eigenvalue weighted by Gasteiger charge is 2.18. The second-order valence-corrected chi connectivity index (χ2v) is 13.4. The van der Waals surface area contributed by atoms with Crippen molar-refractivity contribution in [2.75, 3.05) is 7.11 Å². The van der Waals surface area contributed by atoms with Crippen molar-refractivity contribution in [2.45, 2.75) is 65.8 Å². The summed E-state index contributed by atoms with van der Waals surface area (Å²) in [6.07, 6.45) is 1.74. The number of hydrogen-bond acceptors (Lipinski definition) is 14. The van der Waals surface area contributed by atoms with E-state index < -0.39 is 16.3 Å². The number of amidine groups is 1. The third kappa shape index (κ3) is 14.9. The number of carbonyl (C=O) groups excluding carboxylic acids is 2. The maximum Gasteiger partial charge on any atom is 0.445 e. The Kier molecular flexibility index (Phi) is 18.4. The number of hydrazone groups is 1. The first kappa shape index (κ1) is 46.6. The summed E-state index contributed by atoms with van der Waals surface area (Å²) in [6, 6.07) is 28.9. The van der Waals surface area contributed by atoms with Gasteiger partial charge < -0.3 is 34.2 Å². The molecule has 61 heavy (non-hydrogen) atoms. The highest BCUT2D eigenvalue weighted by molar-refractivity contribution is 6.30. The predicted octanol–water partition coefficient (Wildman–Crippen LogP) is 6.65. The SMILES string of the molecule is CCCCc1nc(Cl)c(COC=O)n1Cc1ccc(-c2ccccc2/C(N)=N/N(N)C(=O)OCc2ccc(CO[N+](=O)[O-])cc2)cc1.COCc1ccc(CO[N+](=O)[O-])cc1. The molecule has 1 heterocycles. The van der Waals surface area contributed by atoms with Crippen LogP contribution in [0.5, 0.6) is 0 Å². The predicted molar refractivity (Wildman–Crippen MR) is 222 cm³/mol. The van der Waals surface area contributed by atoms with E-state index in [2.05, 4.69) is 26.7 Å². The minimum atomic E-state index is -0.939. The summed E-state index contributed by atoms with van der Waals surface area (Å²) in [4.78, 5) is 56.7. The lowest BCUT2D eigenvalue weighted by atomic mass is 9.98. The molecular weight excluding hydrogens is 816 g/mol. The van der Waals surface area contributed by atoms with Crippen LogP contribution in [0.4, 0.5) is 4.79 Å². The topological polar surface area (TPSA) is 252 Å². The Morgan fingerprint density at radius 2 is 1.38 bits per heavy atom. The number of nitrogens with zero attached hydrogens (tertiary/aromatic N) is 6. The van der Waals surface area contributed by atoms with E-state index in [1.54, 1.807) is 55.6 Å². The molecule has 1 aromatic heterocycles. The fraction of sp³-hybridized carbons (Fsp3) is 0.268. The van der Waals surface area contributed by atoms with Crippen LogP contribution in [-0.2, 0) is 74.7 Å². The molecule has 0 unspecified atom stereocenters. The van der Waals surface area contributed by atoms with E-state index in [0.717, 1.165) is 52.9 Å². The molecule has 0 atom stereocenters. The van der Waals surface area contributed by atoms with Crippen LogP contribution in [0.15, 0.2) is 102 Å². The molecule has 0 fully saturated rings. The van der Waals surface area contributed by atoms with Gasteiger partial charge in [0.25, 0.3) is 16.6 Å². The summed E-state index contributed by atoms with van der Waals surface area (Å²) in [5, 5.41) is 23.4. The number of carbonyl (C=O) groups is 2. The van der Waals surface area contributed by atoms with Gasteiger partial charge in [-0.2, -0.15) is 0 Å². The van der Waals surface area contributed by atoms with Crippen molar-refractivity contribution in [3.63, 3.8) is 0 Å². The quantitative estimate of drug-likeness (QED) is 0.0149. The summed E-state index contributed by atoms with van der Waals surface area (Å²) in [7, 11) is 1.61. The van der Waals surface area contributed by atoms with E-state index in [1.165, 1.54) is 0 Å². The number of halogens is 1. The zero-order valence-electron chi connectivity index (χ0n) is 33.4. The van der Waals surface area contributed by atoms with Gasteiger partial charge in [-0.1, -0.05) is 122 Å². The molecule has 0 saturated carbocycles. The number of rotatable bonds is 21. The number of nitrogens with two attached hydrogens (primary N) is 2. The van der Waals surface area contributed by atoms with Gasteiger partial charge in [0.1, 0.15) is 32.3 Å². The lowest BCUT2D eigenvalue weighted by Crippen LogP contribution is -2.35. The molecule has 0 bridgehead atoms. The van der Waals surface area contributed by atoms with E-state index >= 15 is 0 Å². The third-order valence-electron chi connectivity index (χ3n) is 8.75. The van der Waals surface area contributed by atoms with E-state index in [-0.39, 0.29) is 32.3 Å². The maximum atomic E-state index is 12.5. The van der Waals surface area contributed by atoms with Gasteiger partial charge in [-0.05, 0) is 45.4 Å². The molecule has 4 aromatic carbocycles. The largest absolute Gasteiger partial charge is 0.461 e. The first-order valence-electron chi connectivity index (χ1n) is 18.6. The molecule has 0 radical (unpaired) electrons. The highest BCUT2D eigenvalue weighted by Crippen LogP contribution is 2.26. The van der Waals surface area contributed by atoms with Crippen molar-refractivity contribution in [2.24, 2.45) is 16.7 Å². The molecule has 4 N–H and O–H groups in total. The number of aromatic nitrogens is 2. The highest BCUT2D eigenvalue weighted by atomic mass is 35.5.